The van der Waals surface area contributed by atoms with Gasteiger partial charge in [0.15, 0.2) is 11.5 Å². The summed E-state index contributed by atoms with van der Waals surface area (Å²) in [7, 11) is 0. The molecule has 0 bridgehead atoms. The van der Waals surface area contributed by atoms with Crippen LogP contribution in [0.5, 0.6) is 11.5 Å². The molecule has 0 saturated heterocycles. The zero-order valence-corrected chi connectivity index (χ0v) is 10.7. The molecule has 0 atom stereocenters. The molecule has 3 nitrogen and oxygen atoms in total. The molecule has 0 amide bonds. The number of hydrogen-bond acceptors (Lipinski definition) is 3. The number of fused-ring (bicyclic) bond motifs is 1. The summed E-state index contributed by atoms with van der Waals surface area (Å²) in [5, 5.41) is 11.2. The van der Waals surface area contributed by atoms with E-state index in [0.29, 0.717) is 16.5 Å². The molecule has 0 aliphatic heterocycles. The van der Waals surface area contributed by atoms with Crippen molar-refractivity contribution >= 4 is 22.6 Å². The van der Waals surface area contributed by atoms with Crippen molar-refractivity contribution in [2.75, 3.05) is 0 Å². The first-order valence-corrected chi connectivity index (χ1v) is 6.19. The van der Waals surface area contributed by atoms with E-state index in [2.05, 4.69) is 0 Å². The number of ether oxygens (including phenoxy) is 1. The van der Waals surface area contributed by atoms with Crippen LogP contribution in [-0.2, 0) is 6.61 Å². The molecule has 0 radical (unpaired) electrons. The number of aromatic hydroxyl groups is 1. The Hall–Kier alpha value is -2.13. The monoisotopic (exact) mass is 274 g/mol. The minimum Gasteiger partial charge on any atom is -0.504 e. The van der Waals surface area contributed by atoms with Gasteiger partial charge in [0.25, 0.3) is 0 Å². The van der Waals surface area contributed by atoms with Gasteiger partial charge in [-0.15, -0.1) is 0 Å². The Morgan fingerprint density at radius 1 is 1.11 bits per heavy atom. The molecule has 96 valence electrons. The molecule has 0 spiro atoms. The lowest BCUT2D eigenvalue weighted by Crippen LogP contribution is -1.93. The minimum atomic E-state index is 0.113. The summed E-state index contributed by atoms with van der Waals surface area (Å²) in [6, 6.07) is 14.1. The van der Waals surface area contributed by atoms with Gasteiger partial charge < -0.3 is 14.3 Å². The summed E-state index contributed by atoms with van der Waals surface area (Å²) in [6.45, 7) is 0.254. The van der Waals surface area contributed by atoms with Gasteiger partial charge in [0.1, 0.15) is 18.0 Å². The summed E-state index contributed by atoms with van der Waals surface area (Å²) in [5.41, 5.74) is 0.764. The molecule has 1 heterocycles. The Bertz CT molecular complexity index is 718. The van der Waals surface area contributed by atoms with Gasteiger partial charge in [-0.2, -0.15) is 0 Å². The first-order chi connectivity index (χ1) is 9.22. The van der Waals surface area contributed by atoms with Crippen LogP contribution in [0, 0.1) is 0 Å². The van der Waals surface area contributed by atoms with Crippen LogP contribution in [-0.4, -0.2) is 5.11 Å². The Kier molecular flexibility index (Phi) is 3.05. The van der Waals surface area contributed by atoms with Gasteiger partial charge in [-0.25, -0.2) is 0 Å². The lowest BCUT2D eigenvalue weighted by molar-refractivity contribution is 0.262. The highest BCUT2D eigenvalue weighted by atomic mass is 35.5. The quantitative estimate of drug-likeness (QED) is 0.771. The van der Waals surface area contributed by atoms with Gasteiger partial charge in [-0.05, 0) is 36.4 Å². The second-order valence-corrected chi connectivity index (χ2v) is 4.59. The highest BCUT2D eigenvalue weighted by Gasteiger charge is 2.06. The third kappa shape index (κ3) is 2.51. The molecule has 4 heteroatoms. The first-order valence-electron chi connectivity index (χ1n) is 5.81. The van der Waals surface area contributed by atoms with E-state index < -0.39 is 0 Å². The molecule has 1 N–H and O–H groups in total. The highest BCUT2D eigenvalue weighted by molar-refractivity contribution is 6.31. The van der Waals surface area contributed by atoms with Crippen LogP contribution in [0.4, 0.5) is 0 Å². The summed E-state index contributed by atoms with van der Waals surface area (Å²) >= 11 is 5.92. The number of rotatable bonds is 3. The largest absolute Gasteiger partial charge is 0.504 e. The summed E-state index contributed by atoms with van der Waals surface area (Å²) in [4.78, 5) is 0. The predicted octanol–water partition coefficient (Wildman–Crippen LogP) is 4.37. The molecule has 0 aliphatic carbocycles. The van der Waals surface area contributed by atoms with E-state index in [9.17, 15) is 5.11 Å². The topological polar surface area (TPSA) is 42.6 Å². The number of furan rings is 1. The number of para-hydroxylation sites is 2. The molecule has 0 fully saturated rings. The number of phenols is 1. The van der Waals surface area contributed by atoms with Crippen LogP contribution in [0.25, 0.3) is 11.0 Å². The lowest BCUT2D eigenvalue weighted by Gasteiger charge is -2.05. The third-order valence-electron chi connectivity index (χ3n) is 2.76. The molecule has 1 aromatic heterocycles. The minimum absolute atomic E-state index is 0.113. The van der Waals surface area contributed by atoms with Gasteiger partial charge >= 0.3 is 0 Å². The Labute approximate surface area is 115 Å². The zero-order valence-electron chi connectivity index (χ0n) is 9.97. The Morgan fingerprint density at radius 2 is 1.95 bits per heavy atom. The Balaban J connectivity index is 1.80. The van der Waals surface area contributed by atoms with Crippen molar-refractivity contribution in [2.45, 2.75) is 6.61 Å². The molecule has 3 rings (SSSR count). The van der Waals surface area contributed by atoms with Gasteiger partial charge in [-0.3, -0.25) is 0 Å². The molecule has 2 aromatic carbocycles. The highest BCUT2D eigenvalue weighted by Crippen LogP contribution is 2.27. The smallest absolute Gasteiger partial charge is 0.161 e. The molecule has 0 aliphatic rings. The van der Waals surface area contributed by atoms with Crippen LogP contribution < -0.4 is 4.74 Å². The van der Waals surface area contributed by atoms with Gasteiger partial charge in [0.2, 0.25) is 0 Å². The number of phenolic OH excluding ortho intramolecular Hbond substituents is 1. The molecule has 3 aromatic rings. The molecular weight excluding hydrogens is 264 g/mol. The van der Waals surface area contributed by atoms with Crippen molar-refractivity contribution in [3.8, 4) is 11.5 Å². The van der Waals surface area contributed by atoms with Crippen molar-refractivity contribution in [1.82, 2.24) is 0 Å². The fourth-order valence-corrected chi connectivity index (χ4v) is 2.05. The van der Waals surface area contributed by atoms with Gasteiger partial charge in [0, 0.05) is 10.4 Å². The van der Waals surface area contributed by atoms with E-state index in [1.807, 2.05) is 18.2 Å². The first kappa shape index (κ1) is 11.9. The molecule has 19 heavy (non-hydrogen) atoms. The normalized spacial score (nSPS) is 10.8. The average molecular weight is 275 g/mol. The van der Waals surface area contributed by atoms with E-state index in [-0.39, 0.29) is 12.4 Å². The third-order valence-corrected chi connectivity index (χ3v) is 3.00. The second kappa shape index (κ2) is 4.86. The van der Waals surface area contributed by atoms with Crippen molar-refractivity contribution in [3.05, 3.63) is 59.3 Å². The number of hydrogen-bond donors (Lipinski definition) is 1. The van der Waals surface area contributed by atoms with E-state index in [1.54, 1.807) is 30.3 Å². The maximum atomic E-state index is 9.59. The van der Waals surface area contributed by atoms with Crippen LogP contribution in [0.15, 0.2) is 52.9 Å². The molecule has 0 unspecified atom stereocenters. The van der Waals surface area contributed by atoms with Crippen LogP contribution in [0.1, 0.15) is 5.76 Å². The van der Waals surface area contributed by atoms with Gasteiger partial charge in [-0.1, -0.05) is 23.7 Å². The number of benzene rings is 2. The fourth-order valence-electron chi connectivity index (χ4n) is 1.87. The van der Waals surface area contributed by atoms with Crippen LogP contribution >= 0.6 is 11.6 Å². The van der Waals surface area contributed by atoms with Crippen LogP contribution in [0.2, 0.25) is 5.02 Å². The molecular formula is C15H11ClO3. The van der Waals surface area contributed by atoms with Crippen molar-refractivity contribution in [2.24, 2.45) is 0 Å². The average Bonchev–Trinajstić information content (AvgIpc) is 2.79. The van der Waals surface area contributed by atoms with Crippen molar-refractivity contribution in [1.29, 1.82) is 0 Å². The van der Waals surface area contributed by atoms with E-state index >= 15 is 0 Å². The standard InChI is InChI=1S/C15H11ClO3/c16-11-5-6-14-10(7-11)8-12(19-14)9-18-15-4-2-1-3-13(15)17/h1-8,17H,9H2. The van der Waals surface area contributed by atoms with Crippen LogP contribution in [0.3, 0.4) is 0 Å². The van der Waals surface area contributed by atoms with Gasteiger partial charge in [0.05, 0.1) is 0 Å². The van der Waals surface area contributed by atoms with E-state index in [0.717, 1.165) is 11.0 Å². The zero-order chi connectivity index (χ0) is 13.2. The summed E-state index contributed by atoms with van der Waals surface area (Å²) in [5.74, 6) is 1.23. The predicted molar refractivity (Wildman–Crippen MR) is 73.7 cm³/mol. The lowest BCUT2D eigenvalue weighted by atomic mass is 10.2. The maximum Gasteiger partial charge on any atom is 0.161 e. The van der Waals surface area contributed by atoms with Crippen molar-refractivity contribution < 1.29 is 14.3 Å². The summed E-state index contributed by atoms with van der Waals surface area (Å²) in [6.07, 6.45) is 0. The van der Waals surface area contributed by atoms with E-state index in [1.165, 1.54) is 0 Å². The van der Waals surface area contributed by atoms with E-state index in [4.69, 9.17) is 20.8 Å². The fraction of sp³-hybridized carbons (Fsp3) is 0.0667. The maximum absolute atomic E-state index is 9.59. The number of halogens is 1. The molecule has 0 saturated carbocycles. The SMILES string of the molecule is Oc1ccccc1OCc1cc2cc(Cl)ccc2o1. The van der Waals surface area contributed by atoms with Crippen molar-refractivity contribution in [3.63, 3.8) is 0 Å². The summed E-state index contributed by atoms with van der Waals surface area (Å²) < 4.78 is 11.1. The second-order valence-electron chi connectivity index (χ2n) is 4.15. The Morgan fingerprint density at radius 3 is 2.79 bits per heavy atom.